The fourth-order valence-electron chi connectivity index (χ4n) is 2.75. The molecule has 0 radical (unpaired) electrons. The second-order valence-electron chi connectivity index (χ2n) is 5.59. The molecule has 6 nitrogen and oxygen atoms in total. The third kappa shape index (κ3) is 5.21. The molecular formula is C15H23N3O3. The minimum Gasteiger partial charge on any atom is -0.468 e. The minimum atomic E-state index is -0.367. The minimum absolute atomic E-state index is 0.0122. The molecule has 1 heterocycles. The average Bonchev–Trinajstić information content (AvgIpc) is 2.93. The van der Waals surface area contributed by atoms with Crippen molar-refractivity contribution in [2.45, 2.75) is 51.5 Å². The normalized spacial score (nSPS) is 15.7. The van der Waals surface area contributed by atoms with Gasteiger partial charge in [0.2, 0.25) is 5.91 Å². The van der Waals surface area contributed by atoms with Crippen LogP contribution in [0.5, 0.6) is 0 Å². The molecule has 1 saturated carbocycles. The van der Waals surface area contributed by atoms with E-state index in [9.17, 15) is 9.59 Å². The first-order valence-electron chi connectivity index (χ1n) is 7.56. The van der Waals surface area contributed by atoms with Crippen molar-refractivity contribution < 1.29 is 14.3 Å². The Morgan fingerprint density at radius 3 is 2.86 bits per heavy atom. The molecule has 6 heteroatoms. The molecule has 0 atom stereocenters. The fraction of sp³-hybridized carbons (Fsp3) is 0.667. The molecule has 0 bridgehead atoms. The predicted octanol–water partition coefficient (Wildman–Crippen LogP) is 2.36. The van der Waals surface area contributed by atoms with E-state index in [0.717, 1.165) is 6.42 Å². The number of esters is 1. The molecule has 1 N–H and O–H groups in total. The molecule has 0 unspecified atom stereocenters. The van der Waals surface area contributed by atoms with Crippen LogP contribution < -0.4 is 5.32 Å². The number of hydrogen-bond acceptors (Lipinski definition) is 4. The van der Waals surface area contributed by atoms with Gasteiger partial charge in [-0.1, -0.05) is 32.1 Å². The number of carbonyl (C=O) groups is 2. The maximum atomic E-state index is 11.9. The lowest BCUT2D eigenvalue weighted by Crippen LogP contribution is -2.15. The van der Waals surface area contributed by atoms with E-state index in [4.69, 9.17) is 0 Å². The van der Waals surface area contributed by atoms with E-state index in [0.29, 0.717) is 18.0 Å². The summed E-state index contributed by atoms with van der Waals surface area (Å²) in [6, 6.07) is 0. The second-order valence-corrected chi connectivity index (χ2v) is 5.59. The summed E-state index contributed by atoms with van der Waals surface area (Å²) in [4.78, 5) is 23.0. The standard InChI is InChI=1S/C15H23N3O3/c1-21-15(20)11-18-10-13(9-16-18)17-14(19)8-7-12-5-3-2-4-6-12/h9-10,12H,2-8,11H2,1H3,(H,17,19). The van der Waals surface area contributed by atoms with Crippen molar-refractivity contribution in [3.63, 3.8) is 0 Å². The largest absolute Gasteiger partial charge is 0.468 e. The van der Waals surface area contributed by atoms with Gasteiger partial charge < -0.3 is 10.1 Å². The van der Waals surface area contributed by atoms with Crippen LogP contribution in [0.3, 0.4) is 0 Å². The van der Waals surface area contributed by atoms with Crippen LogP contribution in [-0.2, 0) is 20.9 Å². The zero-order chi connectivity index (χ0) is 15.1. The van der Waals surface area contributed by atoms with Crippen molar-refractivity contribution in [3.8, 4) is 0 Å². The molecule has 0 spiro atoms. The quantitative estimate of drug-likeness (QED) is 0.817. The van der Waals surface area contributed by atoms with Crippen LogP contribution in [-0.4, -0.2) is 28.8 Å². The van der Waals surface area contributed by atoms with Gasteiger partial charge in [0.1, 0.15) is 6.54 Å². The van der Waals surface area contributed by atoms with E-state index in [1.165, 1.54) is 43.9 Å². The third-order valence-electron chi connectivity index (χ3n) is 3.94. The van der Waals surface area contributed by atoms with Crippen molar-refractivity contribution in [3.05, 3.63) is 12.4 Å². The van der Waals surface area contributed by atoms with Gasteiger partial charge in [-0.2, -0.15) is 5.10 Å². The molecule has 0 saturated heterocycles. The van der Waals surface area contributed by atoms with Crippen LogP contribution in [0.25, 0.3) is 0 Å². The lowest BCUT2D eigenvalue weighted by molar-refractivity contribution is -0.141. The molecule has 21 heavy (non-hydrogen) atoms. The Hall–Kier alpha value is -1.85. The SMILES string of the molecule is COC(=O)Cn1cc(NC(=O)CCC2CCCCC2)cn1. The Bertz CT molecular complexity index is 478. The summed E-state index contributed by atoms with van der Waals surface area (Å²) in [7, 11) is 1.33. The summed E-state index contributed by atoms with van der Waals surface area (Å²) in [6.45, 7) is 0.0500. The average molecular weight is 293 g/mol. The topological polar surface area (TPSA) is 73.2 Å². The summed E-state index contributed by atoms with van der Waals surface area (Å²) in [6.07, 6.45) is 11.1. The van der Waals surface area contributed by atoms with Gasteiger partial charge in [-0.15, -0.1) is 0 Å². The zero-order valence-electron chi connectivity index (χ0n) is 12.5. The van der Waals surface area contributed by atoms with E-state index in [1.807, 2.05) is 0 Å². The second kappa shape index (κ2) is 7.81. The fourth-order valence-corrected chi connectivity index (χ4v) is 2.75. The van der Waals surface area contributed by atoms with E-state index < -0.39 is 0 Å². The van der Waals surface area contributed by atoms with Gasteiger partial charge in [-0.25, -0.2) is 0 Å². The van der Waals surface area contributed by atoms with Crippen LogP contribution >= 0.6 is 0 Å². The van der Waals surface area contributed by atoms with Crippen LogP contribution in [0.15, 0.2) is 12.4 Å². The van der Waals surface area contributed by atoms with E-state index in [1.54, 1.807) is 12.4 Å². The number of nitrogens with one attached hydrogen (secondary N) is 1. The van der Waals surface area contributed by atoms with Gasteiger partial charge in [0.15, 0.2) is 0 Å². The number of ether oxygens (including phenoxy) is 1. The highest BCUT2D eigenvalue weighted by atomic mass is 16.5. The van der Waals surface area contributed by atoms with Crippen molar-refractivity contribution in [2.24, 2.45) is 5.92 Å². The van der Waals surface area contributed by atoms with E-state index in [-0.39, 0.29) is 18.4 Å². The predicted molar refractivity (Wildman–Crippen MR) is 78.7 cm³/mol. The van der Waals surface area contributed by atoms with Crippen LogP contribution in [0.2, 0.25) is 0 Å². The number of carbonyl (C=O) groups excluding carboxylic acids is 2. The summed E-state index contributed by atoms with van der Waals surface area (Å²) in [5, 5.41) is 6.83. The number of nitrogens with zero attached hydrogens (tertiary/aromatic N) is 2. The lowest BCUT2D eigenvalue weighted by atomic mass is 9.86. The molecular weight excluding hydrogens is 270 g/mol. The van der Waals surface area contributed by atoms with Gasteiger partial charge in [-0.3, -0.25) is 14.3 Å². The zero-order valence-corrected chi connectivity index (χ0v) is 12.5. The van der Waals surface area contributed by atoms with Crippen molar-refractivity contribution in [1.29, 1.82) is 0 Å². The molecule has 1 aromatic rings. The highest BCUT2D eigenvalue weighted by molar-refractivity contribution is 5.90. The van der Waals surface area contributed by atoms with Crippen molar-refractivity contribution in [2.75, 3.05) is 12.4 Å². The molecule has 0 aromatic carbocycles. The first-order valence-corrected chi connectivity index (χ1v) is 7.56. The summed E-state index contributed by atoms with van der Waals surface area (Å²) in [5.74, 6) is 0.345. The molecule has 116 valence electrons. The lowest BCUT2D eigenvalue weighted by Gasteiger charge is -2.20. The number of anilines is 1. The highest BCUT2D eigenvalue weighted by Gasteiger charge is 2.15. The monoisotopic (exact) mass is 293 g/mol. The number of rotatable bonds is 6. The molecule has 2 rings (SSSR count). The summed E-state index contributed by atoms with van der Waals surface area (Å²) < 4.78 is 6.01. The van der Waals surface area contributed by atoms with Crippen molar-refractivity contribution in [1.82, 2.24) is 9.78 Å². The molecule has 1 aliphatic rings. The molecule has 1 fully saturated rings. The van der Waals surface area contributed by atoms with Crippen LogP contribution in [0, 0.1) is 5.92 Å². The van der Waals surface area contributed by atoms with Gasteiger partial charge >= 0.3 is 5.97 Å². The smallest absolute Gasteiger partial charge is 0.327 e. The Balaban J connectivity index is 1.73. The molecule has 1 aliphatic carbocycles. The van der Waals surface area contributed by atoms with Crippen LogP contribution in [0.1, 0.15) is 44.9 Å². The summed E-state index contributed by atoms with van der Waals surface area (Å²) in [5.41, 5.74) is 0.618. The third-order valence-corrected chi connectivity index (χ3v) is 3.94. The number of aromatic nitrogens is 2. The Morgan fingerprint density at radius 1 is 1.38 bits per heavy atom. The summed E-state index contributed by atoms with van der Waals surface area (Å²) >= 11 is 0. The molecule has 0 aliphatic heterocycles. The maximum absolute atomic E-state index is 11.9. The molecule has 1 amide bonds. The Morgan fingerprint density at radius 2 is 2.14 bits per heavy atom. The van der Waals surface area contributed by atoms with Gasteiger partial charge in [0.25, 0.3) is 0 Å². The maximum Gasteiger partial charge on any atom is 0.327 e. The van der Waals surface area contributed by atoms with E-state index >= 15 is 0 Å². The van der Waals surface area contributed by atoms with Gasteiger partial charge in [0.05, 0.1) is 19.0 Å². The highest BCUT2D eigenvalue weighted by Crippen LogP contribution is 2.27. The van der Waals surface area contributed by atoms with E-state index in [2.05, 4.69) is 15.2 Å². The Labute approximate surface area is 124 Å². The first kappa shape index (κ1) is 15.5. The number of methoxy groups -OCH3 is 1. The molecule has 1 aromatic heterocycles. The number of hydrogen-bond donors (Lipinski definition) is 1. The first-order chi connectivity index (χ1) is 10.2. The van der Waals surface area contributed by atoms with Gasteiger partial charge in [-0.05, 0) is 12.3 Å². The van der Waals surface area contributed by atoms with Crippen LogP contribution in [0.4, 0.5) is 5.69 Å². The Kier molecular flexibility index (Phi) is 5.78. The number of amides is 1. The van der Waals surface area contributed by atoms with Crippen molar-refractivity contribution >= 4 is 17.6 Å². The van der Waals surface area contributed by atoms with Gasteiger partial charge in [0, 0.05) is 12.6 Å².